The molecule has 0 spiro atoms. The van der Waals surface area contributed by atoms with E-state index < -0.39 is 0 Å². The molecule has 25 heavy (non-hydrogen) atoms. The first-order chi connectivity index (χ1) is 12.1. The maximum Gasteiger partial charge on any atom is 0.252 e. The Bertz CT molecular complexity index is 937. The van der Waals surface area contributed by atoms with Crippen LogP contribution in [0.3, 0.4) is 0 Å². The molecule has 3 heterocycles. The van der Waals surface area contributed by atoms with Crippen LogP contribution < -0.4 is 9.80 Å². The molecule has 0 aliphatic carbocycles. The van der Waals surface area contributed by atoms with E-state index in [9.17, 15) is 0 Å². The Hall–Kier alpha value is -2.25. The van der Waals surface area contributed by atoms with E-state index in [0.717, 1.165) is 44.2 Å². The molecule has 1 saturated heterocycles. The maximum atomic E-state index is 5.49. The largest absolute Gasteiger partial charge is 0.360 e. The summed E-state index contributed by atoms with van der Waals surface area (Å²) < 4.78 is 4.74. The molecule has 0 atom stereocenters. The van der Waals surface area contributed by atoms with Gasteiger partial charge in [-0.05, 0) is 44.3 Å². The lowest BCUT2D eigenvalue weighted by molar-refractivity contribution is -0.924. The Morgan fingerprint density at radius 2 is 1.80 bits per heavy atom. The quantitative estimate of drug-likeness (QED) is 0.718. The average Bonchev–Trinajstić information content (AvgIpc) is 2.92. The van der Waals surface area contributed by atoms with E-state index in [1.165, 1.54) is 10.6 Å². The molecule has 1 N–H and O–H groups in total. The minimum absolute atomic E-state index is 0.610. The van der Waals surface area contributed by atoms with Gasteiger partial charge in [0.2, 0.25) is 4.77 Å². The Labute approximate surface area is 152 Å². The zero-order valence-electron chi connectivity index (χ0n) is 14.6. The first-order valence-corrected chi connectivity index (χ1v) is 9.10. The molecular weight excluding hydrogens is 332 g/mol. The molecule has 4 rings (SSSR count). The van der Waals surface area contributed by atoms with Gasteiger partial charge in [0.25, 0.3) is 5.78 Å². The number of nitrogens with one attached hydrogen (secondary N) is 1. The third-order valence-electron chi connectivity index (χ3n) is 4.84. The van der Waals surface area contributed by atoms with Crippen molar-refractivity contribution in [1.82, 2.24) is 19.2 Å². The van der Waals surface area contributed by atoms with Crippen LogP contribution >= 0.6 is 12.2 Å². The number of quaternary nitrogens is 1. The number of rotatable bonds is 3. The minimum Gasteiger partial charge on any atom is -0.360 e. The number of para-hydroxylation sites is 1. The van der Waals surface area contributed by atoms with Gasteiger partial charge in [-0.2, -0.15) is 4.98 Å². The van der Waals surface area contributed by atoms with Crippen molar-refractivity contribution in [1.29, 1.82) is 0 Å². The summed E-state index contributed by atoms with van der Waals surface area (Å²) in [7, 11) is 0. The summed E-state index contributed by atoms with van der Waals surface area (Å²) in [4.78, 5) is 12.9. The van der Waals surface area contributed by atoms with Crippen LogP contribution in [0.2, 0.25) is 0 Å². The third kappa shape index (κ3) is 3.17. The van der Waals surface area contributed by atoms with E-state index in [4.69, 9.17) is 12.2 Å². The van der Waals surface area contributed by atoms with E-state index in [2.05, 4.69) is 62.9 Å². The fraction of sp³-hybridized carbons (Fsp3) is 0.389. The highest BCUT2D eigenvalue weighted by atomic mass is 32.1. The Kier molecular flexibility index (Phi) is 4.27. The first-order valence-electron chi connectivity index (χ1n) is 8.69. The molecule has 130 valence electrons. The van der Waals surface area contributed by atoms with Crippen LogP contribution in [0.4, 0.5) is 5.69 Å². The van der Waals surface area contributed by atoms with Crippen LogP contribution in [0.25, 0.3) is 5.78 Å². The van der Waals surface area contributed by atoms with Gasteiger partial charge in [0.05, 0.1) is 26.2 Å². The van der Waals surface area contributed by atoms with Gasteiger partial charge in [0, 0.05) is 17.1 Å². The van der Waals surface area contributed by atoms with E-state index in [0.29, 0.717) is 10.5 Å². The van der Waals surface area contributed by atoms with Crippen molar-refractivity contribution in [2.75, 3.05) is 31.1 Å². The highest BCUT2D eigenvalue weighted by Crippen LogP contribution is 2.12. The van der Waals surface area contributed by atoms with Crippen molar-refractivity contribution in [3.05, 3.63) is 52.6 Å². The van der Waals surface area contributed by atoms with Gasteiger partial charge in [0.1, 0.15) is 0 Å². The Balaban J connectivity index is 1.52. The van der Waals surface area contributed by atoms with Gasteiger partial charge in [-0.15, -0.1) is 0 Å². The molecule has 3 aromatic rings. The maximum absolute atomic E-state index is 5.49. The highest BCUT2D eigenvalue weighted by molar-refractivity contribution is 7.71. The number of nitrogens with zero attached hydrogens (tertiary/aromatic N) is 5. The van der Waals surface area contributed by atoms with E-state index in [1.54, 1.807) is 0 Å². The predicted octanol–water partition coefficient (Wildman–Crippen LogP) is 1.24. The van der Waals surface area contributed by atoms with Crippen molar-refractivity contribution in [3.63, 3.8) is 0 Å². The molecule has 6 nitrogen and oxygen atoms in total. The summed E-state index contributed by atoms with van der Waals surface area (Å²) in [6.07, 6.45) is 0. The van der Waals surface area contributed by atoms with Crippen LogP contribution in [-0.4, -0.2) is 45.3 Å². The second kappa shape index (κ2) is 6.57. The van der Waals surface area contributed by atoms with Gasteiger partial charge in [-0.3, -0.25) is 0 Å². The standard InChI is InChI=1S/C18H22N6S/c1-14-12-15(2)24-17(19-14)20-18(25)23(24)13-21-8-10-22(11-9-21)16-6-4-3-5-7-16/h3-7,12H,8-11,13H2,1-2H3/p+1. The lowest BCUT2D eigenvalue weighted by atomic mass is 10.2. The van der Waals surface area contributed by atoms with Crippen molar-refractivity contribution in [2.24, 2.45) is 0 Å². The summed E-state index contributed by atoms with van der Waals surface area (Å²) in [5.74, 6) is 0.699. The summed E-state index contributed by atoms with van der Waals surface area (Å²) >= 11 is 5.49. The highest BCUT2D eigenvalue weighted by Gasteiger charge is 2.22. The second-order valence-corrected chi connectivity index (χ2v) is 7.04. The molecule has 1 aliphatic rings. The van der Waals surface area contributed by atoms with E-state index in [-0.39, 0.29) is 0 Å². The summed E-state index contributed by atoms with van der Waals surface area (Å²) in [6, 6.07) is 12.7. The molecule has 0 radical (unpaired) electrons. The third-order valence-corrected chi connectivity index (χ3v) is 5.14. The number of aryl methyl sites for hydroxylation is 2. The number of aromatic nitrogens is 4. The van der Waals surface area contributed by atoms with E-state index >= 15 is 0 Å². The SMILES string of the molecule is Cc1cc(C)n2c(n1)nc(=S)n2C[NH+]1CCN(c2ccccc2)CC1. The molecule has 2 aromatic heterocycles. The molecular formula is C18H23N6S+. The number of fused-ring (bicyclic) bond motifs is 1. The van der Waals surface area contributed by atoms with Crippen LogP contribution in [0, 0.1) is 18.6 Å². The minimum atomic E-state index is 0.610. The fourth-order valence-corrected chi connectivity index (χ4v) is 3.81. The normalized spacial score (nSPS) is 15.8. The molecule has 1 fully saturated rings. The smallest absolute Gasteiger partial charge is 0.252 e. The van der Waals surface area contributed by atoms with Crippen molar-refractivity contribution in [2.45, 2.75) is 20.5 Å². The van der Waals surface area contributed by atoms with Gasteiger partial charge >= 0.3 is 0 Å². The first kappa shape index (κ1) is 16.2. The van der Waals surface area contributed by atoms with Crippen LogP contribution in [0.15, 0.2) is 36.4 Å². The average molecular weight is 355 g/mol. The Morgan fingerprint density at radius 3 is 2.52 bits per heavy atom. The topological polar surface area (TPSA) is 42.8 Å². The number of piperazine rings is 1. The molecule has 1 aromatic carbocycles. The summed E-state index contributed by atoms with van der Waals surface area (Å²) in [5.41, 5.74) is 3.40. The summed E-state index contributed by atoms with van der Waals surface area (Å²) in [5, 5.41) is 0. The van der Waals surface area contributed by atoms with Crippen molar-refractivity contribution >= 4 is 23.7 Å². The van der Waals surface area contributed by atoms with Crippen LogP contribution in [0.5, 0.6) is 0 Å². The lowest BCUT2D eigenvalue weighted by Crippen LogP contribution is -3.14. The molecule has 1 aliphatic heterocycles. The van der Waals surface area contributed by atoms with Crippen molar-refractivity contribution in [3.8, 4) is 0 Å². The van der Waals surface area contributed by atoms with E-state index in [1.807, 2.05) is 11.4 Å². The molecule has 0 amide bonds. The molecule has 0 unspecified atom stereocenters. The lowest BCUT2D eigenvalue weighted by Gasteiger charge is -2.33. The van der Waals surface area contributed by atoms with Crippen LogP contribution in [-0.2, 0) is 6.67 Å². The number of benzene rings is 1. The molecule has 7 heteroatoms. The van der Waals surface area contributed by atoms with Crippen molar-refractivity contribution < 1.29 is 4.90 Å². The second-order valence-electron chi connectivity index (χ2n) is 6.68. The zero-order chi connectivity index (χ0) is 17.4. The molecule has 0 saturated carbocycles. The van der Waals surface area contributed by atoms with Gasteiger partial charge < -0.3 is 9.80 Å². The number of hydrogen-bond acceptors (Lipinski definition) is 4. The number of hydrogen-bond donors (Lipinski definition) is 1. The van der Waals surface area contributed by atoms with Crippen LogP contribution in [0.1, 0.15) is 11.4 Å². The monoisotopic (exact) mass is 355 g/mol. The fourth-order valence-electron chi connectivity index (χ4n) is 3.59. The van der Waals surface area contributed by atoms with Gasteiger partial charge in [0.15, 0.2) is 6.67 Å². The predicted molar refractivity (Wildman–Crippen MR) is 101 cm³/mol. The summed E-state index contributed by atoms with van der Waals surface area (Å²) in [6.45, 7) is 9.18. The zero-order valence-corrected chi connectivity index (χ0v) is 15.5. The Morgan fingerprint density at radius 1 is 1.08 bits per heavy atom. The van der Waals surface area contributed by atoms with Gasteiger partial charge in [-0.25, -0.2) is 14.2 Å². The molecule has 0 bridgehead atoms. The number of anilines is 1. The van der Waals surface area contributed by atoms with Gasteiger partial charge in [-0.1, -0.05) is 18.2 Å².